The minimum absolute atomic E-state index is 0.234. The van der Waals surface area contributed by atoms with Gasteiger partial charge in [0.1, 0.15) is 11.5 Å². The van der Waals surface area contributed by atoms with Gasteiger partial charge in [-0.05, 0) is 111 Å². The van der Waals surface area contributed by atoms with Crippen molar-refractivity contribution in [1.82, 2.24) is 9.88 Å². The summed E-state index contributed by atoms with van der Waals surface area (Å²) < 4.78 is 10.7. The number of pyridine rings is 1. The first-order chi connectivity index (χ1) is 17.6. The second-order valence-corrected chi connectivity index (χ2v) is 9.85. The predicted molar refractivity (Wildman–Crippen MR) is 143 cm³/mol. The summed E-state index contributed by atoms with van der Waals surface area (Å²) in [6, 6.07) is 16.3. The van der Waals surface area contributed by atoms with Crippen LogP contribution in [0.15, 0.2) is 54.7 Å². The maximum atomic E-state index is 12.1. The standard InChI is InChI=1S/C30H38N2O4/c1-35-25-11-5-8-22(19-25)7-3-4-17-32-18-15-24(28(21-32)30(33)34)10-6-9-23-14-16-31-29-13-12-26(36-2)20-27(23)29/h5,8,11-14,16,19-20,24,28H,3-4,6-7,9-10,15,17-18,21H2,1-2H3,(H,33,34)/t24-,28+/m1/s1. The van der Waals surface area contributed by atoms with Gasteiger partial charge >= 0.3 is 5.97 Å². The number of likely N-dealkylation sites (tertiary alicyclic amines) is 1. The lowest BCUT2D eigenvalue weighted by molar-refractivity contribution is -0.146. The van der Waals surface area contributed by atoms with Crippen LogP contribution in [-0.4, -0.2) is 54.8 Å². The van der Waals surface area contributed by atoms with Crippen LogP contribution in [0.5, 0.6) is 11.5 Å². The maximum absolute atomic E-state index is 12.1. The van der Waals surface area contributed by atoms with Gasteiger partial charge in [0.15, 0.2) is 0 Å². The Hall–Kier alpha value is -3.12. The van der Waals surface area contributed by atoms with Gasteiger partial charge in [0.05, 0.1) is 25.7 Å². The summed E-state index contributed by atoms with van der Waals surface area (Å²) in [4.78, 5) is 18.9. The average molecular weight is 491 g/mol. The highest BCUT2D eigenvalue weighted by Crippen LogP contribution is 2.30. The molecule has 1 N–H and O–H groups in total. The van der Waals surface area contributed by atoms with Crippen molar-refractivity contribution >= 4 is 16.9 Å². The molecule has 0 saturated carbocycles. The molecule has 3 aromatic rings. The van der Waals surface area contributed by atoms with Gasteiger partial charge in [-0.3, -0.25) is 9.78 Å². The topological polar surface area (TPSA) is 71.9 Å². The Morgan fingerprint density at radius 1 is 1.03 bits per heavy atom. The molecule has 1 fully saturated rings. The fourth-order valence-electron chi connectivity index (χ4n) is 5.47. The van der Waals surface area contributed by atoms with E-state index >= 15 is 0 Å². The van der Waals surface area contributed by atoms with Crippen LogP contribution in [0.2, 0.25) is 0 Å². The normalized spacial score (nSPS) is 18.3. The van der Waals surface area contributed by atoms with E-state index in [0.29, 0.717) is 6.54 Å². The Kier molecular flexibility index (Phi) is 9.17. The summed E-state index contributed by atoms with van der Waals surface area (Å²) in [5, 5.41) is 11.1. The van der Waals surface area contributed by atoms with Gasteiger partial charge < -0.3 is 19.5 Å². The molecule has 0 amide bonds. The molecule has 1 aromatic heterocycles. The number of unbranched alkanes of at least 4 members (excludes halogenated alkanes) is 1. The van der Waals surface area contributed by atoms with Crippen LogP contribution in [0.4, 0.5) is 0 Å². The number of nitrogens with zero attached hydrogens (tertiary/aromatic N) is 2. The molecule has 6 nitrogen and oxygen atoms in total. The fraction of sp³-hybridized carbons (Fsp3) is 0.467. The number of piperidine rings is 1. The lowest BCUT2D eigenvalue weighted by Gasteiger charge is -2.36. The van der Waals surface area contributed by atoms with Crippen LogP contribution in [0.3, 0.4) is 0 Å². The minimum atomic E-state index is -0.653. The Morgan fingerprint density at radius 2 is 1.86 bits per heavy atom. The number of rotatable bonds is 12. The highest BCUT2D eigenvalue weighted by Gasteiger charge is 2.33. The molecule has 0 bridgehead atoms. The zero-order chi connectivity index (χ0) is 25.3. The molecule has 2 heterocycles. The number of fused-ring (bicyclic) bond motifs is 1. The van der Waals surface area contributed by atoms with E-state index in [1.165, 1.54) is 11.1 Å². The van der Waals surface area contributed by atoms with Crippen LogP contribution in [0.25, 0.3) is 10.9 Å². The summed E-state index contributed by atoms with van der Waals surface area (Å²) in [6.07, 6.45) is 8.84. The van der Waals surface area contributed by atoms with Gasteiger partial charge in [-0.25, -0.2) is 0 Å². The number of hydrogen-bond donors (Lipinski definition) is 1. The summed E-state index contributed by atoms with van der Waals surface area (Å²) >= 11 is 0. The van der Waals surface area contributed by atoms with Crippen molar-refractivity contribution in [3.8, 4) is 11.5 Å². The van der Waals surface area contributed by atoms with Crippen molar-refractivity contribution in [2.45, 2.75) is 44.9 Å². The van der Waals surface area contributed by atoms with Crippen LogP contribution in [-0.2, 0) is 17.6 Å². The second kappa shape index (κ2) is 12.7. The molecule has 2 atom stereocenters. The molecule has 0 radical (unpaired) electrons. The zero-order valence-corrected chi connectivity index (χ0v) is 21.5. The third-order valence-corrected chi connectivity index (χ3v) is 7.54. The number of aliphatic carboxylic acids is 1. The molecule has 0 aliphatic carbocycles. The maximum Gasteiger partial charge on any atom is 0.308 e. The van der Waals surface area contributed by atoms with Crippen molar-refractivity contribution < 1.29 is 19.4 Å². The monoisotopic (exact) mass is 490 g/mol. The van der Waals surface area contributed by atoms with Gasteiger partial charge in [-0.15, -0.1) is 0 Å². The highest BCUT2D eigenvalue weighted by molar-refractivity contribution is 5.83. The number of ether oxygens (including phenoxy) is 2. The third-order valence-electron chi connectivity index (χ3n) is 7.54. The van der Waals surface area contributed by atoms with Gasteiger partial charge in [0, 0.05) is 18.1 Å². The van der Waals surface area contributed by atoms with Gasteiger partial charge in [-0.1, -0.05) is 12.1 Å². The number of carboxylic acid groups (broad SMARTS) is 1. The van der Waals surface area contributed by atoms with Crippen molar-refractivity contribution in [3.63, 3.8) is 0 Å². The number of benzene rings is 2. The Bertz CT molecular complexity index is 1150. The van der Waals surface area contributed by atoms with Crippen LogP contribution in [0.1, 0.15) is 43.2 Å². The Labute approximate surface area is 214 Å². The predicted octanol–water partition coefficient (Wildman–Crippen LogP) is 5.62. The van der Waals surface area contributed by atoms with Crippen molar-refractivity contribution in [2.24, 2.45) is 11.8 Å². The summed E-state index contributed by atoms with van der Waals surface area (Å²) in [5.41, 5.74) is 3.51. The molecule has 4 rings (SSSR count). The Morgan fingerprint density at radius 3 is 2.67 bits per heavy atom. The molecule has 6 heteroatoms. The largest absolute Gasteiger partial charge is 0.497 e. The van der Waals surface area contributed by atoms with Gasteiger partial charge in [-0.2, -0.15) is 0 Å². The number of hydrogen-bond acceptors (Lipinski definition) is 5. The number of aromatic nitrogens is 1. The third kappa shape index (κ3) is 6.76. The van der Waals surface area contributed by atoms with Gasteiger partial charge in [0.25, 0.3) is 0 Å². The lowest BCUT2D eigenvalue weighted by Crippen LogP contribution is -2.44. The first kappa shape index (κ1) is 26.0. The van der Waals surface area contributed by atoms with Gasteiger partial charge in [0.2, 0.25) is 0 Å². The van der Waals surface area contributed by atoms with Crippen LogP contribution < -0.4 is 9.47 Å². The molecule has 1 saturated heterocycles. The summed E-state index contributed by atoms with van der Waals surface area (Å²) in [5.74, 6) is 1.03. The van der Waals surface area contributed by atoms with E-state index in [1.807, 2.05) is 36.5 Å². The number of aryl methyl sites for hydroxylation is 2. The molecule has 1 aliphatic rings. The highest BCUT2D eigenvalue weighted by atomic mass is 16.5. The van der Waals surface area contributed by atoms with Crippen molar-refractivity contribution in [3.05, 3.63) is 65.9 Å². The number of methoxy groups -OCH3 is 2. The van der Waals surface area contributed by atoms with Crippen molar-refractivity contribution in [2.75, 3.05) is 33.9 Å². The minimum Gasteiger partial charge on any atom is -0.497 e. The van der Waals surface area contributed by atoms with E-state index in [4.69, 9.17) is 9.47 Å². The van der Waals surface area contributed by atoms with E-state index in [0.717, 1.165) is 80.4 Å². The molecular weight excluding hydrogens is 452 g/mol. The molecule has 2 aromatic carbocycles. The smallest absolute Gasteiger partial charge is 0.308 e. The van der Waals surface area contributed by atoms with E-state index in [9.17, 15) is 9.90 Å². The number of carbonyl (C=O) groups is 1. The Balaban J connectivity index is 1.25. The quantitative estimate of drug-likeness (QED) is 0.332. The first-order valence-corrected chi connectivity index (χ1v) is 13.1. The molecular formula is C30H38N2O4. The first-order valence-electron chi connectivity index (χ1n) is 13.1. The molecule has 0 unspecified atom stereocenters. The zero-order valence-electron chi connectivity index (χ0n) is 21.5. The van der Waals surface area contributed by atoms with E-state index in [-0.39, 0.29) is 11.8 Å². The molecule has 0 spiro atoms. The van der Waals surface area contributed by atoms with E-state index in [1.54, 1.807) is 14.2 Å². The molecule has 1 aliphatic heterocycles. The number of carboxylic acids is 1. The molecule has 192 valence electrons. The lowest BCUT2D eigenvalue weighted by atomic mass is 9.81. The summed E-state index contributed by atoms with van der Waals surface area (Å²) in [6.45, 7) is 2.61. The second-order valence-electron chi connectivity index (χ2n) is 9.85. The molecule has 36 heavy (non-hydrogen) atoms. The van der Waals surface area contributed by atoms with Crippen LogP contribution in [0, 0.1) is 11.8 Å². The van der Waals surface area contributed by atoms with E-state index in [2.05, 4.69) is 28.1 Å². The van der Waals surface area contributed by atoms with Crippen LogP contribution >= 0.6 is 0 Å². The van der Waals surface area contributed by atoms with E-state index < -0.39 is 5.97 Å². The van der Waals surface area contributed by atoms with Crippen molar-refractivity contribution in [1.29, 1.82) is 0 Å². The SMILES string of the molecule is COc1cccc(CCCCN2CC[C@@H](CCCc3ccnc4ccc(OC)cc34)[C@@H](C(=O)O)C2)c1. The average Bonchev–Trinajstić information content (AvgIpc) is 2.91. The summed E-state index contributed by atoms with van der Waals surface area (Å²) in [7, 11) is 3.37. The fourth-order valence-corrected chi connectivity index (χ4v) is 5.47.